The maximum Gasteiger partial charge on any atom is 0.330 e. The Balaban J connectivity index is 4.05. The number of carbonyl (C=O) groups excluding carboxylic acids is 1. The summed E-state index contributed by atoms with van der Waals surface area (Å²) >= 11 is 0. The van der Waals surface area contributed by atoms with Crippen molar-refractivity contribution in [1.82, 2.24) is 0 Å². The lowest BCUT2D eigenvalue weighted by Gasteiger charge is -2.14. The molecule has 0 aromatic heterocycles. The lowest BCUT2D eigenvalue weighted by Crippen LogP contribution is -2.13. The summed E-state index contributed by atoms with van der Waals surface area (Å²) in [5.74, 6) is -0.327. The number of esters is 1. The first-order valence-electron chi connectivity index (χ1n) is 9.20. The van der Waals surface area contributed by atoms with Gasteiger partial charge < -0.3 is 9.84 Å². The predicted octanol–water partition coefficient (Wildman–Crippen LogP) is 5.17. The molecule has 0 saturated carbocycles. The molecular formula is C19H36O3. The molecule has 3 heteroatoms. The van der Waals surface area contributed by atoms with E-state index in [0.717, 1.165) is 24.8 Å². The summed E-state index contributed by atoms with van der Waals surface area (Å²) < 4.78 is 4.96. The van der Waals surface area contributed by atoms with Crippen molar-refractivity contribution in [3.63, 3.8) is 0 Å². The monoisotopic (exact) mass is 312 g/mol. The van der Waals surface area contributed by atoms with Crippen LogP contribution in [0.2, 0.25) is 0 Å². The van der Waals surface area contributed by atoms with E-state index < -0.39 is 6.10 Å². The van der Waals surface area contributed by atoms with Crippen LogP contribution in [0.3, 0.4) is 0 Å². The molecule has 0 aromatic carbocycles. The summed E-state index contributed by atoms with van der Waals surface area (Å²) in [6, 6.07) is 0. The molecule has 0 amide bonds. The van der Waals surface area contributed by atoms with Crippen molar-refractivity contribution in [3.8, 4) is 0 Å². The van der Waals surface area contributed by atoms with E-state index in [1.54, 1.807) is 6.92 Å². The Labute approximate surface area is 137 Å². The zero-order valence-corrected chi connectivity index (χ0v) is 14.9. The van der Waals surface area contributed by atoms with E-state index in [9.17, 15) is 9.90 Å². The van der Waals surface area contributed by atoms with Crippen molar-refractivity contribution in [1.29, 1.82) is 0 Å². The van der Waals surface area contributed by atoms with Crippen LogP contribution in [0.25, 0.3) is 0 Å². The van der Waals surface area contributed by atoms with Crippen LogP contribution in [0, 0.1) is 0 Å². The van der Waals surface area contributed by atoms with Crippen LogP contribution >= 0.6 is 0 Å². The molecule has 22 heavy (non-hydrogen) atoms. The number of hydrogen-bond acceptors (Lipinski definition) is 3. The average molecular weight is 312 g/mol. The van der Waals surface area contributed by atoms with Gasteiger partial charge in [0.05, 0.1) is 12.7 Å². The Morgan fingerprint density at radius 2 is 1.55 bits per heavy atom. The number of carbonyl (C=O) groups is 1. The van der Waals surface area contributed by atoms with Gasteiger partial charge in [0, 0.05) is 6.08 Å². The molecule has 0 aliphatic carbocycles. The minimum atomic E-state index is -0.501. The highest BCUT2D eigenvalue weighted by Gasteiger charge is 2.12. The highest BCUT2D eigenvalue weighted by atomic mass is 16.5. The maximum atomic E-state index is 11.6. The van der Waals surface area contributed by atoms with Crippen molar-refractivity contribution in [2.24, 2.45) is 0 Å². The summed E-state index contributed by atoms with van der Waals surface area (Å²) in [6.45, 7) is 6.46. The van der Waals surface area contributed by atoms with Crippen molar-refractivity contribution >= 4 is 5.97 Å². The molecule has 1 unspecified atom stereocenters. The Kier molecular flexibility index (Phi) is 14.5. The number of aliphatic hydroxyl groups excluding tert-OH is 1. The Morgan fingerprint density at radius 1 is 0.955 bits per heavy atom. The van der Waals surface area contributed by atoms with E-state index >= 15 is 0 Å². The summed E-state index contributed by atoms with van der Waals surface area (Å²) in [7, 11) is 0. The van der Waals surface area contributed by atoms with Crippen LogP contribution in [0.4, 0.5) is 0 Å². The molecule has 0 aliphatic heterocycles. The van der Waals surface area contributed by atoms with E-state index in [2.05, 4.69) is 6.92 Å². The molecule has 0 spiro atoms. The number of unbranched alkanes of at least 4 members (excludes halogenated alkanes) is 7. The second-order valence-corrected chi connectivity index (χ2v) is 6.00. The third-order valence-corrected chi connectivity index (χ3v) is 3.90. The molecule has 0 saturated heterocycles. The van der Waals surface area contributed by atoms with Crippen LogP contribution in [0.1, 0.15) is 91.4 Å². The lowest BCUT2D eigenvalue weighted by molar-refractivity contribution is -0.137. The largest absolute Gasteiger partial charge is 0.463 e. The summed E-state index contributed by atoms with van der Waals surface area (Å²) in [6.07, 6.45) is 13.5. The predicted molar refractivity (Wildman–Crippen MR) is 92.9 cm³/mol. The van der Waals surface area contributed by atoms with Gasteiger partial charge in [-0.05, 0) is 31.8 Å². The van der Waals surface area contributed by atoms with E-state index in [1.807, 2.05) is 6.92 Å². The molecule has 0 radical (unpaired) electrons. The molecule has 0 aliphatic rings. The molecule has 0 rings (SSSR count). The zero-order chi connectivity index (χ0) is 16.6. The van der Waals surface area contributed by atoms with Gasteiger partial charge in [0.1, 0.15) is 0 Å². The van der Waals surface area contributed by atoms with Gasteiger partial charge in [-0.3, -0.25) is 0 Å². The smallest absolute Gasteiger partial charge is 0.330 e. The van der Waals surface area contributed by atoms with Gasteiger partial charge in [0.2, 0.25) is 0 Å². The first-order valence-corrected chi connectivity index (χ1v) is 9.20. The fourth-order valence-corrected chi connectivity index (χ4v) is 2.59. The van der Waals surface area contributed by atoms with E-state index in [1.165, 1.54) is 51.0 Å². The normalized spacial score (nSPS) is 13.2. The first kappa shape index (κ1) is 21.2. The van der Waals surface area contributed by atoms with E-state index in [0.29, 0.717) is 13.0 Å². The highest BCUT2D eigenvalue weighted by Crippen LogP contribution is 2.18. The van der Waals surface area contributed by atoms with Gasteiger partial charge in [0.15, 0.2) is 0 Å². The average Bonchev–Trinajstić information content (AvgIpc) is 2.49. The van der Waals surface area contributed by atoms with Crippen molar-refractivity contribution < 1.29 is 14.6 Å². The minimum absolute atomic E-state index is 0.327. The Hall–Kier alpha value is -0.830. The van der Waals surface area contributed by atoms with Gasteiger partial charge >= 0.3 is 5.97 Å². The molecule has 0 aromatic rings. The van der Waals surface area contributed by atoms with Gasteiger partial charge in [-0.2, -0.15) is 0 Å². The number of rotatable bonds is 14. The molecule has 3 nitrogen and oxygen atoms in total. The van der Waals surface area contributed by atoms with Crippen LogP contribution in [0.5, 0.6) is 0 Å². The third-order valence-electron chi connectivity index (χ3n) is 3.90. The van der Waals surface area contributed by atoms with Crippen LogP contribution in [-0.4, -0.2) is 23.8 Å². The summed E-state index contributed by atoms with van der Waals surface area (Å²) in [5.41, 5.74) is 0.839. The molecule has 0 heterocycles. The first-order chi connectivity index (χ1) is 10.7. The fourth-order valence-electron chi connectivity index (χ4n) is 2.59. The molecule has 130 valence electrons. The Morgan fingerprint density at radius 3 is 2.09 bits per heavy atom. The van der Waals surface area contributed by atoms with Gasteiger partial charge in [0.25, 0.3) is 0 Å². The lowest BCUT2D eigenvalue weighted by atomic mass is 9.98. The third kappa shape index (κ3) is 11.8. The number of hydrogen-bond donors (Lipinski definition) is 1. The summed E-state index contributed by atoms with van der Waals surface area (Å²) in [5, 5.41) is 10.1. The molecule has 0 fully saturated rings. The van der Waals surface area contributed by atoms with Crippen molar-refractivity contribution in [2.75, 3.05) is 6.61 Å². The van der Waals surface area contributed by atoms with Crippen LogP contribution in [0.15, 0.2) is 11.6 Å². The summed E-state index contributed by atoms with van der Waals surface area (Å²) in [4.78, 5) is 11.6. The quantitative estimate of drug-likeness (QED) is 0.273. The van der Waals surface area contributed by atoms with Crippen LogP contribution in [-0.2, 0) is 9.53 Å². The van der Waals surface area contributed by atoms with Gasteiger partial charge in [-0.25, -0.2) is 4.79 Å². The van der Waals surface area contributed by atoms with Crippen LogP contribution < -0.4 is 0 Å². The van der Waals surface area contributed by atoms with Gasteiger partial charge in [-0.1, -0.05) is 65.2 Å². The standard InChI is InChI=1S/C19H36O3/c1-4-7-8-9-10-11-12-13-15-17(18(20)14-5-2)16-19(21)22-6-3/h16,18,20H,4-15H2,1-3H3/b17-16+. The van der Waals surface area contributed by atoms with E-state index in [4.69, 9.17) is 4.74 Å². The second-order valence-electron chi connectivity index (χ2n) is 6.00. The molecule has 1 N–H and O–H groups in total. The Bertz CT molecular complexity index is 297. The number of aliphatic hydroxyl groups is 1. The zero-order valence-electron chi connectivity index (χ0n) is 14.9. The molecule has 0 bridgehead atoms. The second kappa shape index (κ2) is 15.1. The number of ether oxygens (including phenoxy) is 1. The van der Waals surface area contributed by atoms with E-state index in [-0.39, 0.29) is 5.97 Å². The molecular weight excluding hydrogens is 276 g/mol. The molecule has 1 atom stereocenters. The SMILES string of the molecule is CCCCCCCCCC/C(=C\C(=O)OCC)C(O)CCC. The maximum absolute atomic E-state index is 11.6. The highest BCUT2D eigenvalue weighted by molar-refractivity contribution is 5.82. The van der Waals surface area contributed by atoms with Crippen molar-refractivity contribution in [3.05, 3.63) is 11.6 Å². The van der Waals surface area contributed by atoms with Crippen molar-refractivity contribution in [2.45, 2.75) is 97.5 Å². The topological polar surface area (TPSA) is 46.5 Å². The fraction of sp³-hybridized carbons (Fsp3) is 0.842. The minimum Gasteiger partial charge on any atom is -0.463 e. The van der Waals surface area contributed by atoms with Gasteiger partial charge in [-0.15, -0.1) is 0 Å².